The van der Waals surface area contributed by atoms with Crippen molar-refractivity contribution in [3.05, 3.63) is 23.8 Å². The van der Waals surface area contributed by atoms with E-state index in [1.807, 2.05) is 0 Å². The van der Waals surface area contributed by atoms with Gasteiger partial charge in [0.25, 0.3) is 0 Å². The number of hydrogen-bond donors (Lipinski definition) is 1. The molecule has 2 bridgehead atoms. The van der Waals surface area contributed by atoms with Gasteiger partial charge < -0.3 is 4.90 Å². The molecular weight excluding hydrogens is 360 g/mol. The Kier molecular flexibility index (Phi) is 4.24. The number of aryl methyl sites for hydroxylation is 1. The highest BCUT2D eigenvalue weighted by Gasteiger charge is 2.61. The second-order valence-electron chi connectivity index (χ2n) is 9.35. The molecule has 2 aliphatic carbocycles. The van der Waals surface area contributed by atoms with E-state index < -0.39 is 10.0 Å². The van der Waals surface area contributed by atoms with Gasteiger partial charge in [-0.15, -0.1) is 0 Å². The van der Waals surface area contributed by atoms with Crippen molar-refractivity contribution in [2.24, 2.45) is 16.7 Å². The first kappa shape index (κ1) is 18.9. The number of anilines is 1. The molecule has 0 aromatic heterocycles. The molecule has 0 spiro atoms. The molecule has 6 heteroatoms. The minimum atomic E-state index is -3.58. The van der Waals surface area contributed by atoms with E-state index in [1.54, 1.807) is 30.0 Å². The van der Waals surface area contributed by atoms with Gasteiger partial charge in [0.1, 0.15) is 0 Å². The van der Waals surface area contributed by atoms with Gasteiger partial charge in [-0.1, -0.05) is 20.8 Å². The SMILES string of the molecule is CC(=O)N1CCCc2cc(S(=O)(=O)NC3CC4CCC3(C)C4(C)C)ccc21. The fourth-order valence-electron chi connectivity index (χ4n) is 5.71. The fourth-order valence-corrected chi connectivity index (χ4v) is 7.12. The highest BCUT2D eigenvalue weighted by Crippen LogP contribution is 2.65. The number of nitrogens with zero attached hydrogens (tertiary/aromatic N) is 1. The molecule has 2 fully saturated rings. The molecule has 5 nitrogen and oxygen atoms in total. The molecule has 27 heavy (non-hydrogen) atoms. The molecule has 4 rings (SSSR count). The Labute approximate surface area is 162 Å². The van der Waals surface area contributed by atoms with Crippen molar-refractivity contribution in [3.63, 3.8) is 0 Å². The van der Waals surface area contributed by atoms with Gasteiger partial charge in [0.2, 0.25) is 15.9 Å². The van der Waals surface area contributed by atoms with Crippen molar-refractivity contribution in [2.45, 2.75) is 70.7 Å². The molecule has 1 heterocycles. The van der Waals surface area contributed by atoms with E-state index >= 15 is 0 Å². The summed E-state index contributed by atoms with van der Waals surface area (Å²) in [5.41, 5.74) is 1.96. The topological polar surface area (TPSA) is 66.5 Å². The van der Waals surface area contributed by atoms with E-state index in [0.717, 1.165) is 36.9 Å². The van der Waals surface area contributed by atoms with Crippen molar-refractivity contribution in [2.75, 3.05) is 11.4 Å². The fraction of sp³-hybridized carbons (Fsp3) is 0.667. The van der Waals surface area contributed by atoms with Crippen molar-refractivity contribution in [3.8, 4) is 0 Å². The van der Waals surface area contributed by atoms with Gasteiger partial charge in [0.05, 0.1) is 4.90 Å². The second kappa shape index (κ2) is 6.05. The largest absolute Gasteiger partial charge is 0.312 e. The second-order valence-corrected chi connectivity index (χ2v) is 11.1. The number of benzene rings is 1. The van der Waals surface area contributed by atoms with Crippen LogP contribution in [-0.2, 0) is 21.2 Å². The van der Waals surface area contributed by atoms with Gasteiger partial charge in [-0.25, -0.2) is 13.1 Å². The van der Waals surface area contributed by atoms with Crippen LogP contribution >= 0.6 is 0 Å². The molecule has 3 atom stereocenters. The molecule has 1 amide bonds. The van der Waals surface area contributed by atoms with E-state index in [0.29, 0.717) is 17.4 Å². The molecule has 3 unspecified atom stereocenters. The van der Waals surface area contributed by atoms with Gasteiger partial charge in [0, 0.05) is 25.2 Å². The van der Waals surface area contributed by atoms with Crippen LogP contribution in [0.2, 0.25) is 0 Å². The highest BCUT2D eigenvalue weighted by molar-refractivity contribution is 7.89. The molecule has 2 saturated carbocycles. The lowest BCUT2D eigenvalue weighted by atomic mass is 9.69. The number of nitrogens with one attached hydrogen (secondary N) is 1. The van der Waals surface area contributed by atoms with E-state index in [1.165, 1.54) is 6.42 Å². The first-order chi connectivity index (χ1) is 12.6. The quantitative estimate of drug-likeness (QED) is 0.859. The third kappa shape index (κ3) is 2.75. The molecule has 148 valence electrons. The average Bonchev–Trinajstić information content (AvgIpc) is 2.93. The summed E-state index contributed by atoms with van der Waals surface area (Å²) < 4.78 is 29.3. The van der Waals surface area contributed by atoms with Crippen molar-refractivity contribution >= 4 is 21.6 Å². The number of sulfonamides is 1. The number of amides is 1. The Morgan fingerprint density at radius 2 is 2.00 bits per heavy atom. The molecule has 1 aliphatic heterocycles. The lowest BCUT2D eigenvalue weighted by Gasteiger charge is -2.39. The summed E-state index contributed by atoms with van der Waals surface area (Å²) in [4.78, 5) is 13.9. The van der Waals surface area contributed by atoms with Crippen LogP contribution in [0, 0.1) is 16.7 Å². The van der Waals surface area contributed by atoms with Crippen LogP contribution in [0.1, 0.15) is 58.9 Å². The summed E-state index contributed by atoms with van der Waals surface area (Å²) in [5.74, 6) is 0.588. The number of carbonyl (C=O) groups excluding carboxylic acids is 1. The van der Waals surface area contributed by atoms with Crippen molar-refractivity contribution in [1.29, 1.82) is 0 Å². The van der Waals surface area contributed by atoms with E-state index in [9.17, 15) is 13.2 Å². The zero-order valence-electron chi connectivity index (χ0n) is 16.7. The molecule has 3 aliphatic rings. The number of hydrogen-bond acceptors (Lipinski definition) is 3. The van der Waals surface area contributed by atoms with Gasteiger partial charge in [-0.2, -0.15) is 0 Å². The number of fused-ring (bicyclic) bond motifs is 3. The minimum absolute atomic E-state index is 0.00168. The van der Waals surface area contributed by atoms with Crippen LogP contribution in [0.25, 0.3) is 0 Å². The van der Waals surface area contributed by atoms with Crippen molar-refractivity contribution in [1.82, 2.24) is 4.72 Å². The summed E-state index contributed by atoms with van der Waals surface area (Å²) >= 11 is 0. The Balaban J connectivity index is 1.61. The monoisotopic (exact) mass is 390 g/mol. The third-order valence-electron chi connectivity index (χ3n) is 7.95. The normalized spacial score (nSPS) is 31.8. The van der Waals surface area contributed by atoms with Gasteiger partial charge in [-0.3, -0.25) is 4.79 Å². The molecule has 1 N–H and O–H groups in total. The van der Waals surface area contributed by atoms with E-state index in [-0.39, 0.29) is 22.8 Å². The van der Waals surface area contributed by atoms with Crippen LogP contribution in [0.15, 0.2) is 23.1 Å². The smallest absolute Gasteiger partial charge is 0.240 e. The Bertz CT molecular complexity index is 893. The predicted octanol–water partition coefficient (Wildman–Crippen LogP) is 3.48. The first-order valence-corrected chi connectivity index (χ1v) is 11.5. The van der Waals surface area contributed by atoms with Crippen LogP contribution in [0.3, 0.4) is 0 Å². The maximum absolute atomic E-state index is 13.1. The molecule has 1 aromatic carbocycles. The van der Waals surface area contributed by atoms with Gasteiger partial charge >= 0.3 is 0 Å². The highest BCUT2D eigenvalue weighted by atomic mass is 32.2. The Morgan fingerprint density at radius 1 is 1.26 bits per heavy atom. The summed E-state index contributed by atoms with van der Waals surface area (Å²) in [6, 6.07) is 5.18. The first-order valence-electron chi connectivity index (χ1n) is 10.00. The molecule has 1 aromatic rings. The lowest BCUT2D eigenvalue weighted by Crippen LogP contribution is -2.46. The average molecular weight is 391 g/mol. The Hall–Kier alpha value is -1.40. The van der Waals surface area contributed by atoms with Crippen LogP contribution in [0.5, 0.6) is 0 Å². The van der Waals surface area contributed by atoms with Crippen molar-refractivity contribution < 1.29 is 13.2 Å². The summed E-state index contributed by atoms with van der Waals surface area (Å²) in [6.45, 7) is 9.07. The van der Waals surface area contributed by atoms with Crippen LogP contribution in [0.4, 0.5) is 5.69 Å². The standard InChI is InChI=1S/C21H30N2O3S/c1-14(24)23-11-5-6-15-12-17(7-8-18(15)23)27(25,26)22-19-13-16-9-10-21(19,4)20(16,2)3/h7-8,12,16,19,22H,5-6,9-11,13H2,1-4H3. The predicted molar refractivity (Wildman–Crippen MR) is 106 cm³/mol. The summed E-state index contributed by atoms with van der Waals surface area (Å²) in [7, 11) is -3.58. The zero-order chi connectivity index (χ0) is 19.6. The maximum Gasteiger partial charge on any atom is 0.240 e. The van der Waals surface area contributed by atoms with Crippen LogP contribution < -0.4 is 9.62 Å². The molecule has 0 radical (unpaired) electrons. The Morgan fingerprint density at radius 3 is 2.59 bits per heavy atom. The number of rotatable bonds is 3. The third-order valence-corrected chi connectivity index (χ3v) is 9.42. The summed E-state index contributed by atoms with van der Waals surface area (Å²) in [6.07, 6.45) is 4.86. The summed E-state index contributed by atoms with van der Waals surface area (Å²) in [5, 5.41) is 0. The van der Waals surface area contributed by atoms with Gasteiger partial charge in [-0.05, 0) is 72.6 Å². The minimum Gasteiger partial charge on any atom is -0.312 e. The van der Waals surface area contributed by atoms with Crippen LogP contribution in [-0.4, -0.2) is 26.9 Å². The van der Waals surface area contributed by atoms with Gasteiger partial charge in [0.15, 0.2) is 0 Å². The number of carbonyl (C=O) groups is 1. The van der Waals surface area contributed by atoms with E-state index in [4.69, 9.17) is 0 Å². The zero-order valence-corrected chi connectivity index (χ0v) is 17.5. The molecule has 0 saturated heterocycles. The lowest BCUT2D eigenvalue weighted by molar-refractivity contribution is -0.116. The van der Waals surface area contributed by atoms with E-state index in [2.05, 4.69) is 25.5 Å². The maximum atomic E-state index is 13.1. The molecular formula is C21H30N2O3S.